The van der Waals surface area contributed by atoms with Crippen LogP contribution in [0.15, 0.2) is 23.6 Å². The van der Waals surface area contributed by atoms with Gasteiger partial charge in [-0.2, -0.15) is 0 Å². The van der Waals surface area contributed by atoms with E-state index >= 15 is 0 Å². The van der Waals surface area contributed by atoms with Crippen molar-refractivity contribution in [2.24, 2.45) is 5.92 Å². The van der Waals surface area contributed by atoms with Gasteiger partial charge in [-0.3, -0.25) is 9.69 Å². The summed E-state index contributed by atoms with van der Waals surface area (Å²) in [5.74, 6) is 1.67. The second-order valence-corrected chi connectivity index (χ2v) is 8.31. The van der Waals surface area contributed by atoms with E-state index in [0.717, 1.165) is 60.2 Å². The number of nitrogens with zero attached hydrogens (tertiary/aromatic N) is 2. The van der Waals surface area contributed by atoms with Crippen LogP contribution in [0.3, 0.4) is 0 Å². The molecule has 0 bridgehead atoms. The van der Waals surface area contributed by atoms with Gasteiger partial charge in [-0.25, -0.2) is 4.98 Å². The van der Waals surface area contributed by atoms with Gasteiger partial charge in [0.25, 0.3) is 0 Å². The van der Waals surface area contributed by atoms with Gasteiger partial charge in [0.2, 0.25) is 5.91 Å². The number of hydrogen-bond acceptors (Lipinski definition) is 6. The summed E-state index contributed by atoms with van der Waals surface area (Å²) in [6.07, 6.45) is 1.74. The van der Waals surface area contributed by atoms with Crippen LogP contribution in [-0.2, 0) is 11.3 Å². The summed E-state index contributed by atoms with van der Waals surface area (Å²) in [4.78, 5) is 19.7. The third-order valence-corrected chi connectivity index (χ3v) is 6.10. The molecule has 0 aliphatic carbocycles. The van der Waals surface area contributed by atoms with Crippen molar-refractivity contribution in [3.05, 3.63) is 39.8 Å². The van der Waals surface area contributed by atoms with Crippen LogP contribution in [0.2, 0.25) is 0 Å². The number of methoxy groups -OCH3 is 2. The zero-order valence-electron chi connectivity index (χ0n) is 17.0. The topological polar surface area (TPSA) is 63.7 Å². The number of aromatic nitrogens is 1. The molecule has 1 fully saturated rings. The maximum absolute atomic E-state index is 12.8. The number of benzene rings is 1. The molecule has 1 atom stereocenters. The average molecular weight is 404 g/mol. The number of aryl methyl sites for hydroxylation is 1. The van der Waals surface area contributed by atoms with Gasteiger partial charge in [0.15, 0.2) is 0 Å². The number of nitrogens with one attached hydrogen (secondary N) is 1. The molecule has 1 saturated heterocycles. The summed E-state index contributed by atoms with van der Waals surface area (Å²) >= 11 is 1.69. The van der Waals surface area contributed by atoms with Crippen LogP contribution in [0.25, 0.3) is 0 Å². The first-order chi connectivity index (χ1) is 13.5. The van der Waals surface area contributed by atoms with Crippen LogP contribution >= 0.6 is 11.3 Å². The van der Waals surface area contributed by atoms with E-state index in [4.69, 9.17) is 9.47 Å². The molecular formula is C21H29N3O3S. The number of ether oxygens (including phenoxy) is 2. The molecule has 7 heteroatoms. The number of likely N-dealkylation sites (tertiary alicyclic amines) is 1. The van der Waals surface area contributed by atoms with Crippen LogP contribution in [0.1, 0.15) is 42.1 Å². The van der Waals surface area contributed by atoms with Gasteiger partial charge < -0.3 is 14.8 Å². The van der Waals surface area contributed by atoms with Crippen LogP contribution < -0.4 is 14.8 Å². The molecule has 6 nitrogen and oxygen atoms in total. The lowest BCUT2D eigenvalue weighted by Gasteiger charge is -2.31. The van der Waals surface area contributed by atoms with E-state index in [1.807, 2.05) is 32.0 Å². The first-order valence-electron chi connectivity index (χ1n) is 9.65. The fourth-order valence-electron chi connectivity index (χ4n) is 3.65. The molecule has 0 spiro atoms. The lowest BCUT2D eigenvalue weighted by Crippen LogP contribution is -2.41. The lowest BCUT2D eigenvalue weighted by molar-refractivity contribution is -0.127. The Balaban J connectivity index is 1.54. The van der Waals surface area contributed by atoms with Gasteiger partial charge in [0.1, 0.15) is 11.5 Å². The Morgan fingerprint density at radius 1 is 1.32 bits per heavy atom. The summed E-state index contributed by atoms with van der Waals surface area (Å²) < 4.78 is 10.8. The number of hydrogen-bond donors (Lipinski definition) is 1. The third kappa shape index (κ3) is 5.02. The second kappa shape index (κ2) is 9.39. The predicted molar refractivity (Wildman–Crippen MR) is 111 cm³/mol. The number of rotatable bonds is 7. The summed E-state index contributed by atoms with van der Waals surface area (Å²) in [7, 11) is 3.27. The fraction of sp³-hybridized carbons (Fsp3) is 0.524. The number of carbonyl (C=O) groups excluding carboxylic acids is 1. The van der Waals surface area contributed by atoms with Crippen LogP contribution in [-0.4, -0.2) is 43.1 Å². The third-order valence-electron chi connectivity index (χ3n) is 5.27. The number of piperidine rings is 1. The molecule has 28 heavy (non-hydrogen) atoms. The second-order valence-electron chi connectivity index (χ2n) is 7.25. The molecule has 0 radical (unpaired) electrons. The number of carbonyl (C=O) groups is 1. The molecule has 2 heterocycles. The summed E-state index contributed by atoms with van der Waals surface area (Å²) in [5, 5.41) is 6.38. The molecule has 1 aromatic carbocycles. The molecule has 1 unspecified atom stereocenters. The minimum Gasteiger partial charge on any atom is -0.497 e. The average Bonchev–Trinajstić information content (AvgIpc) is 3.12. The van der Waals surface area contributed by atoms with Crippen LogP contribution in [0.4, 0.5) is 0 Å². The maximum Gasteiger partial charge on any atom is 0.223 e. The largest absolute Gasteiger partial charge is 0.497 e. The Labute approximate surface area is 170 Å². The standard InChI is InChI=1S/C21H29N3O3S/c1-14(19-11-18(26-3)5-6-20(19)27-4)22-21(25)16-7-9-24(10-8-16)12-17-13-28-15(2)23-17/h5-6,11,13-14,16H,7-10,12H2,1-4H3,(H,22,25). The molecule has 2 aromatic rings. The molecule has 1 aliphatic rings. The van der Waals surface area contributed by atoms with Crippen molar-refractivity contribution >= 4 is 17.2 Å². The van der Waals surface area contributed by atoms with Crippen molar-refractivity contribution in [2.75, 3.05) is 27.3 Å². The van der Waals surface area contributed by atoms with Gasteiger partial charge >= 0.3 is 0 Å². The monoisotopic (exact) mass is 403 g/mol. The SMILES string of the molecule is COc1ccc(OC)c(C(C)NC(=O)C2CCN(Cc3csc(C)n3)CC2)c1. The Hall–Kier alpha value is -2.12. The van der Waals surface area contributed by atoms with E-state index < -0.39 is 0 Å². The molecular weight excluding hydrogens is 374 g/mol. The highest BCUT2D eigenvalue weighted by atomic mass is 32.1. The first-order valence-corrected chi connectivity index (χ1v) is 10.5. The minimum absolute atomic E-state index is 0.0486. The summed E-state index contributed by atoms with van der Waals surface area (Å²) in [6.45, 7) is 6.73. The Morgan fingerprint density at radius 2 is 2.07 bits per heavy atom. The van der Waals surface area contributed by atoms with E-state index in [-0.39, 0.29) is 17.9 Å². The smallest absolute Gasteiger partial charge is 0.223 e. The number of thiazole rings is 1. The molecule has 1 N–H and O–H groups in total. The fourth-order valence-corrected chi connectivity index (χ4v) is 4.25. The molecule has 1 aliphatic heterocycles. The van der Waals surface area contributed by atoms with Gasteiger partial charge in [0.05, 0.1) is 31.0 Å². The highest BCUT2D eigenvalue weighted by Crippen LogP contribution is 2.30. The van der Waals surface area contributed by atoms with Gasteiger partial charge in [0, 0.05) is 23.4 Å². The molecule has 1 aromatic heterocycles. The van der Waals surface area contributed by atoms with E-state index in [2.05, 4.69) is 20.6 Å². The summed E-state index contributed by atoms with van der Waals surface area (Å²) in [5.41, 5.74) is 2.05. The maximum atomic E-state index is 12.8. The van der Waals surface area contributed by atoms with Crippen molar-refractivity contribution in [1.82, 2.24) is 15.2 Å². The van der Waals surface area contributed by atoms with Crippen LogP contribution in [0.5, 0.6) is 11.5 Å². The molecule has 0 saturated carbocycles. The highest BCUT2D eigenvalue weighted by molar-refractivity contribution is 7.09. The molecule has 1 amide bonds. The Morgan fingerprint density at radius 3 is 2.68 bits per heavy atom. The highest BCUT2D eigenvalue weighted by Gasteiger charge is 2.27. The van der Waals surface area contributed by atoms with E-state index in [1.54, 1.807) is 25.6 Å². The van der Waals surface area contributed by atoms with E-state index in [0.29, 0.717) is 0 Å². The summed E-state index contributed by atoms with van der Waals surface area (Å²) in [6, 6.07) is 5.50. The lowest BCUT2D eigenvalue weighted by atomic mass is 9.95. The van der Waals surface area contributed by atoms with Crippen LogP contribution in [0, 0.1) is 12.8 Å². The molecule has 152 valence electrons. The zero-order valence-corrected chi connectivity index (χ0v) is 17.8. The molecule has 3 rings (SSSR count). The van der Waals surface area contributed by atoms with Gasteiger partial charge in [-0.05, 0) is 58.0 Å². The van der Waals surface area contributed by atoms with Gasteiger partial charge in [-0.1, -0.05) is 0 Å². The van der Waals surface area contributed by atoms with E-state index in [1.165, 1.54) is 0 Å². The number of amides is 1. The van der Waals surface area contributed by atoms with Crippen molar-refractivity contribution < 1.29 is 14.3 Å². The van der Waals surface area contributed by atoms with Crippen molar-refractivity contribution in [1.29, 1.82) is 0 Å². The quantitative estimate of drug-likeness (QED) is 0.766. The Bertz CT molecular complexity index is 800. The van der Waals surface area contributed by atoms with Gasteiger partial charge in [-0.15, -0.1) is 11.3 Å². The Kier molecular flexibility index (Phi) is 6.91. The normalized spacial score (nSPS) is 16.6. The van der Waals surface area contributed by atoms with Crippen molar-refractivity contribution in [3.8, 4) is 11.5 Å². The predicted octanol–water partition coefficient (Wildman–Crippen LogP) is 3.56. The zero-order chi connectivity index (χ0) is 20.1. The van der Waals surface area contributed by atoms with Crippen molar-refractivity contribution in [3.63, 3.8) is 0 Å². The van der Waals surface area contributed by atoms with E-state index in [9.17, 15) is 4.79 Å². The van der Waals surface area contributed by atoms with Crippen molar-refractivity contribution in [2.45, 2.75) is 39.3 Å². The first kappa shape index (κ1) is 20.6. The minimum atomic E-state index is -0.145.